The molecule has 0 spiro atoms. The van der Waals surface area contributed by atoms with Crippen molar-refractivity contribution in [3.8, 4) is 0 Å². The lowest BCUT2D eigenvalue weighted by atomic mass is 9.72. The Labute approximate surface area is 147 Å². The van der Waals surface area contributed by atoms with Crippen molar-refractivity contribution in [1.82, 2.24) is 5.32 Å². The molecule has 0 atom stereocenters. The maximum atomic E-state index is 12.4. The summed E-state index contributed by atoms with van der Waals surface area (Å²) in [7, 11) is 1.32. The Balaban J connectivity index is 0.00000264. The molecule has 1 aliphatic heterocycles. The van der Waals surface area contributed by atoms with Gasteiger partial charge in [0.15, 0.2) is 0 Å². The molecule has 5 nitrogen and oxygen atoms in total. The lowest BCUT2D eigenvalue weighted by Crippen LogP contribution is -2.66. The highest BCUT2D eigenvalue weighted by Gasteiger charge is 2.55. The minimum atomic E-state index is -1.27. The van der Waals surface area contributed by atoms with Gasteiger partial charge in [-0.2, -0.15) is 0 Å². The summed E-state index contributed by atoms with van der Waals surface area (Å²) in [6, 6.07) is 3.47. The molecular formula is C16H24ClNO4S. The number of carbonyl (C=O) groups is 2. The Kier molecular flexibility index (Phi) is 5.88. The average molecular weight is 362 g/mol. The Bertz CT molecular complexity index is 553. The predicted molar refractivity (Wildman–Crippen MR) is 92.3 cm³/mol. The van der Waals surface area contributed by atoms with Gasteiger partial charge in [-0.1, -0.05) is 6.07 Å². The number of hydrogen-bond acceptors (Lipinski definition) is 6. The Hall–Kier alpha value is -1.11. The van der Waals surface area contributed by atoms with Crippen molar-refractivity contribution >= 4 is 35.7 Å². The fourth-order valence-corrected chi connectivity index (χ4v) is 4.16. The van der Waals surface area contributed by atoms with Crippen molar-refractivity contribution in [2.75, 3.05) is 7.11 Å². The summed E-state index contributed by atoms with van der Waals surface area (Å²) < 4.78 is 10.7. The molecule has 2 rings (SSSR count). The number of methoxy groups -OCH3 is 1. The number of hydrogen-bond donors (Lipinski definition) is 1. The van der Waals surface area contributed by atoms with E-state index in [9.17, 15) is 9.59 Å². The highest BCUT2D eigenvalue weighted by atomic mass is 35.5. The predicted octanol–water partition coefficient (Wildman–Crippen LogP) is 3.18. The fourth-order valence-electron chi connectivity index (χ4n) is 3.56. The van der Waals surface area contributed by atoms with E-state index in [0.29, 0.717) is 17.7 Å². The van der Waals surface area contributed by atoms with Gasteiger partial charge in [0.05, 0.1) is 7.11 Å². The summed E-state index contributed by atoms with van der Waals surface area (Å²) in [6.07, 6.45) is 0.737. The zero-order valence-electron chi connectivity index (χ0n) is 14.1. The van der Waals surface area contributed by atoms with Crippen molar-refractivity contribution in [2.24, 2.45) is 0 Å². The molecule has 7 heteroatoms. The molecule has 0 bridgehead atoms. The van der Waals surface area contributed by atoms with Gasteiger partial charge in [0.2, 0.25) is 5.60 Å². The first-order chi connectivity index (χ1) is 10.1. The van der Waals surface area contributed by atoms with Crippen LogP contribution in [-0.2, 0) is 14.3 Å². The summed E-state index contributed by atoms with van der Waals surface area (Å²) in [6.45, 7) is 7.96. The quantitative estimate of drug-likeness (QED) is 0.837. The van der Waals surface area contributed by atoms with Crippen LogP contribution in [-0.4, -0.2) is 35.7 Å². The van der Waals surface area contributed by atoms with Gasteiger partial charge < -0.3 is 14.8 Å². The topological polar surface area (TPSA) is 64.6 Å². The summed E-state index contributed by atoms with van der Waals surface area (Å²) in [5.74, 6) is -0.978. The second-order valence-electron chi connectivity index (χ2n) is 7.10. The van der Waals surface area contributed by atoms with Crippen LogP contribution in [0.3, 0.4) is 0 Å². The third-order valence-electron chi connectivity index (χ3n) is 3.70. The number of esters is 2. The first kappa shape index (κ1) is 19.9. The molecule has 1 saturated heterocycles. The van der Waals surface area contributed by atoms with Crippen molar-refractivity contribution < 1.29 is 19.1 Å². The molecule has 1 N–H and O–H groups in total. The number of nitrogens with one attached hydrogen (secondary N) is 1. The molecule has 2 heterocycles. The van der Waals surface area contributed by atoms with Gasteiger partial charge >= 0.3 is 11.9 Å². The maximum absolute atomic E-state index is 12.4. The van der Waals surface area contributed by atoms with Gasteiger partial charge in [-0.05, 0) is 39.1 Å². The fraction of sp³-hybridized carbons (Fsp3) is 0.625. The largest absolute Gasteiger partial charge is 0.466 e. The SMILES string of the molecule is COC(=O)C1(OC(=O)c2cccs2)CC(C)(C)NC(C)(C)C1.Cl. The number of thiophene rings is 1. The van der Waals surface area contributed by atoms with Crippen LogP contribution in [0.1, 0.15) is 50.2 Å². The van der Waals surface area contributed by atoms with Crippen molar-refractivity contribution in [1.29, 1.82) is 0 Å². The molecule has 0 amide bonds. The van der Waals surface area contributed by atoms with Crippen LogP contribution in [0.15, 0.2) is 17.5 Å². The minimum Gasteiger partial charge on any atom is -0.466 e. The van der Waals surface area contributed by atoms with Crippen LogP contribution in [0.5, 0.6) is 0 Å². The van der Waals surface area contributed by atoms with E-state index in [0.717, 1.165) is 0 Å². The standard InChI is InChI=1S/C16H23NO4S.ClH/c1-14(2)9-16(13(19)20-5,10-15(3,4)17-14)21-12(18)11-7-6-8-22-11;/h6-8,17H,9-10H2,1-5H3;1H. The van der Waals surface area contributed by atoms with E-state index in [-0.39, 0.29) is 23.5 Å². The van der Waals surface area contributed by atoms with E-state index < -0.39 is 17.5 Å². The second-order valence-corrected chi connectivity index (χ2v) is 8.05. The van der Waals surface area contributed by atoms with E-state index in [4.69, 9.17) is 9.47 Å². The second kappa shape index (κ2) is 6.79. The molecule has 0 unspecified atom stereocenters. The normalized spacial score (nSPS) is 20.9. The van der Waals surface area contributed by atoms with E-state index >= 15 is 0 Å². The zero-order chi connectivity index (χ0) is 16.6. The number of halogens is 1. The summed E-state index contributed by atoms with van der Waals surface area (Å²) in [5.41, 5.74) is -1.98. The number of carbonyl (C=O) groups excluding carboxylic acids is 2. The molecule has 130 valence electrons. The monoisotopic (exact) mass is 361 g/mol. The number of ether oxygens (including phenoxy) is 2. The van der Waals surface area contributed by atoms with Crippen LogP contribution in [0.25, 0.3) is 0 Å². The smallest absolute Gasteiger partial charge is 0.350 e. The van der Waals surface area contributed by atoms with Crippen molar-refractivity contribution in [3.05, 3.63) is 22.4 Å². The van der Waals surface area contributed by atoms with Gasteiger partial charge in [-0.15, -0.1) is 23.7 Å². The number of rotatable bonds is 3. The lowest BCUT2D eigenvalue weighted by Gasteiger charge is -2.50. The van der Waals surface area contributed by atoms with Crippen LogP contribution in [0, 0.1) is 0 Å². The zero-order valence-corrected chi connectivity index (χ0v) is 15.7. The molecule has 23 heavy (non-hydrogen) atoms. The van der Waals surface area contributed by atoms with Gasteiger partial charge in [0.25, 0.3) is 0 Å². The Morgan fingerprint density at radius 1 is 1.17 bits per heavy atom. The molecule has 0 radical (unpaired) electrons. The lowest BCUT2D eigenvalue weighted by molar-refractivity contribution is -0.173. The van der Waals surface area contributed by atoms with E-state index in [1.165, 1.54) is 18.4 Å². The Morgan fingerprint density at radius 3 is 2.17 bits per heavy atom. The third kappa shape index (κ3) is 4.46. The van der Waals surface area contributed by atoms with Gasteiger partial charge in [0, 0.05) is 23.9 Å². The molecule has 0 aromatic carbocycles. The van der Waals surface area contributed by atoms with Gasteiger partial charge in [-0.3, -0.25) is 0 Å². The first-order valence-corrected chi connectivity index (χ1v) is 8.12. The van der Waals surface area contributed by atoms with Crippen LogP contribution >= 0.6 is 23.7 Å². The molecule has 1 fully saturated rings. The molecule has 1 aromatic heterocycles. The molecule has 1 aromatic rings. The minimum absolute atomic E-state index is 0. The van der Waals surface area contributed by atoms with Crippen molar-refractivity contribution in [2.45, 2.75) is 57.2 Å². The van der Waals surface area contributed by atoms with Crippen LogP contribution in [0.2, 0.25) is 0 Å². The van der Waals surface area contributed by atoms with Crippen molar-refractivity contribution in [3.63, 3.8) is 0 Å². The first-order valence-electron chi connectivity index (χ1n) is 7.24. The summed E-state index contributed by atoms with van der Waals surface area (Å²) in [4.78, 5) is 25.3. The van der Waals surface area contributed by atoms with E-state index in [2.05, 4.69) is 5.32 Å². The maximum Gasteiger partial charge on any atom is 0.350 e. The third-order valence-corrected chi connectivity index (χ3v) is 4.55. The average Bonchev–Trinajstić information content (AvgIpc) is 2.87. The van der Waals surface area contributed by atoms with E-state index in [1.54, 1.807) is 17.5 Å². The molecule has 0 saturated carbocycles. The van der Waals surface area contributed by atoms with Crippen LogP contribution < -0.4 is 5.32 Å². The van der Waals surface area contributed by atoms with Gasteiger partial charge in [-0.25, -0.2) is 9.59 Å². The highest BCUT2D eigenvalue weighted by molar-refractivity contribution is 7.11. The molecule has 1 aliphatic rings. The molecule has 0 aliphatic carbocycles. The Morgan fingerprint density at radius 2 is 1.74 bits per heavy atom. The summed E-state index contributed by atoms with van der Waals surface area (Å²) in [5, 5.41) is 5.28. The van der Waals surface area contributed by atoms with Gasteiger partial charge in [0.1, 0.15) is 4.88 Å². The number of piperidine rings is 1. The summed E-state index contributed by atoms with van der Waals surface area (Å²) >= 11 is 1.30. The highest BCUT2D eigenvalue weighted by Crippen LogP contribution is 2.40. The molecular weight excluding hydrogens is 338 g/mol. The van der Waals surface area contributed by atoms with Crippen LogP contribution in [0.4, 0.5) is 0 Å². The van der Waals surface area contributed by atoms with E-state index in [1.807, 2.05) is 27.7 Å².